The summed E-state index contributed by atoms with van der Waals surface area (Å²) in [5, 5.41) is 16.1. The third kappa shape index (κ3) is 2.40. The lowest BCUT2D eigenvalue weighted by Gasteiger charge is -2.39. The topological polar surface area (TPSA) is 52.2 Å². The monoisotopic (exact) mass is 358 g/mol. The van der Waals surface area contributed by atoms with Crippen LogP contribution in [0.25, 0.3) is 0 Å². The fourth-order valence-corrected chi connectivity index (χ4v) is 4.38. The fourth-order valence-electron chi connectivity index (χ4n) is 3.85. The first-order valence-electron chi connectivity index (χ1n) is 7.78. The van der Waals surface area contributed by atoms with Crippen molar-refractivity contribution < 1.29 is 9.90 Å². The summed E-state index contributed by atoms with van der Waals surface area (Å²) in [6, 6.07) is 10.7. The van der Waals surface area contributed by atoms with E-state index in [-0.39, 0.29) is 23.4 Å². The number of rotatable bonds is 2. The van der Waals surface area contributed by atoms with E-state index in [4.69, 9.17) is 23.2 Å². The summed E-state index contributed by atoms with van der Waals surface area (Å²) in [7, 11) is 0. The average molecular weight is 359 g/mol. The molecule has 3 nitrogen and oxygen atoms in total. The lowest BCUT2D eigenvalue weighted by atomic mass is 9.76. The van der Waals surface area contributed by atoms with E-state index >= 15 is 0 Å². The van der Waals surface area contributed by atoms with Crippen LogP contribution in [0.4, 0.5) is 5.69 Å². The minimum atomic E-state index is -1.18. The summed E-state index contributed by atoms with van der Waals surface area (Å²) in [6.45, 7) is 0. The molecule has 2 aromatic rings. The van der Waals surface area contributed by atoms with Gasteiger partial charge < -0.3 is 15.2 Å². The minimum Gasteiger partial charge on any atom is -0.545 e. The number of nitrogens with one attached hydrogen (secondary N) is 1. The number of carbonyl (C=O) groups is 1. The molecule has 122 valence electrons. The van der Waals surface area contributed by atoms with Crippen LogP contribution in [0.15, 0.2) is 48.6 Å². The van der Waals surface area contributed by atoms with E-state index in [0.717, 1.165) is 17.5 Å². The molecule has 24 heavy (non-hydrogen) atoms. The Labute approximate surface area is 149 Å². The van der Waals surface area contributed by atoms with Crippen LogP contribution in [0.5, 0.6) is 0 Å². The van der Waals surface area contributed by atoms with Crippen LogP contribution in [0.1, 0.15) is 39.9 Å². The van der Waals surface area contributed by atoms with E-state index in [1.165, 1.54) is 0 Å². The number of hydrogen-bond acceptors (Lipinski definition) is 3. The quantitative estimate of drug-likeness (QED) is 0.819. The smallest absolute Gasteiger partial charge is 0.0736 e. The molecule has 0 bridgehead atoms. The number of aromatic carboxylic acids is 1. The van der Waals surface area contributed by atoms with Gasteiger partial charge in [-0.2, -0.15) is 0 Å². The Morgan fingerprint density at radius 3 is 2.75 bits per heavy atom. The van der Waals surface area contributed by atoms with Crippen LogP contribution < -0.4 is 10.4 Å². The molecule has 1 N–H and O–H groups in total. The lowest BCUT2D eigenvalue weighted by molar-refractivity contribution is -0.254. The maximum atomic E-state index is 11.5. The molecule has 0 radical (unpaired) electrons. The Hall–Kier alpha value is -1.97. The molecular formula is C19H14Cl2NO2-. The molecule has 2 aromatic carbocycles. The van der Waals surface area contributed by atoms with Crippen molar-refractivity contribution >= 4 is 34.9 Å². The van der Waals surface area contributed by atoms with Crippen LogP contribution in [0.2, 0.25) is 10.0 Å². The highest BCUT2D eigenvalue weighted by molar-refractivity contribution is 6.35. The van der Waals surface area contributed by atoms with Gasteiger partial charge in [0.15, 0.2) is 0 Å². The highest BCUT2D eigenvalue weighted by Crippen LogP contribution is 2.51. The Balaban J connectivity index is 1.86. The molecule has 1 aliphatic carbocycles. The Bertz CT molecular complexity index is 862. The average Bonchev–Trinajstić information content (AvgIpc) is 3.03. The first-order chi connectivity index (χ1) is 11.6. The zero-order valence-corrected chi connectivity index (χ0v) is 14.1. The SMILES string of the molecule is O=C([O-])c1cccc2c1N[C@@H](c1ccc(Cl)cc1Cl)[C@H]1CC=C[C@H]21. The van der Waals surface area contributed by atoms with Crippen molar-refractivity contribution in [2.45, 2.75) is 18.4 Å². The molecule has 1 heterocycles. The standard InChI is InChI=1S/C19H15Cl2NO2/c20-10-7-8-14(16(21)9-10)17-12-4-1-3-11(12)13-5-2-6-15(19(23)24)18(13)22-17/h1-3,5-9,11-12,17,22H,4H2,(H,23,24)/p-1/t11-,12-,17+/m0/s1. The Morgan fingerprint density at radius 1 is 1.17 bits per heavy atom. The molecule has 0 saturated carbocycles. The normalized spacial score (nSPS) is 24.2. The van der Waals surface area contributed by atoms with Gasteiger partial charge in [-0.1, -0.05) is 59.6 Å². The number of carbonyl (C=O) groups excluding carboxylic acids is 1. The van der Waals surface area contributed by atoms with Crippen molar-refractivity contribution in [3.05, 3.63) is 75.3 Å². The second-order valence-corrected chi connectivity index (χ2v) is 7.04. The number of carboxylic acids is 1. The summed E-state index contributed by atoms with van der Waals surface area (Å²) in [4.78, 5) is 11.5. The van der Waals surface area contributed by atoms with E-state index in [0.29, 0.717) is 15.7 Å². The van der Waals surface area contributed by atoms with Crippen LogP contribution in [0.3, 0.4) is 0 Å². The highest BCUT2D eigenvalue weighted by atomic mass is 35.5. The van der Waals surface area contributed by atoms with Gasteiger partial charge >= 0.3 is 0 Å². The molecule has 3 atom stereocenters. The number of fused-ring (bicyclic) bond motifs is 3. The summed E-state index contributed by atoms with van der Waals surface area (Å²) < 4.78 is 0. The third-order valence-corrected chi connectivity index (χ3v) is 5.48. The number of carboxylic acid groups (broad SMARTS) is 1. The van der Waals surface area contributed by atoms with E-state index < -0.39 is 5.97 Å². The molecule has 2 aliphatic rings. The lowest BCUT2D eigenvalue weighted by Crippen LogP contribution is -2.32. The predicted octanol–water partition coefficient (Wildman–Crippen LogP) is 4.18. The summed E-state index contributed by atoms with van der Waals surface area (Å²) in [5.74, 6) is -0.730. The molecule has 0 saturated heterocycles. The third-order valence-electron chi connectivity index (χ3n) is 4.91. The predicted molar refractivity (Wildman–Crippen MR) is 93.6 cm³/mol. The first kappa shape index (κ1) is 15.6. The fraction of sp³-hybridized carbons (Fsp3) is 0.211. The number of anilines is 1. The second-order valence-electron chi connectivity index (χ2n) is 6.20. The molecule has 0 aromatic heterocycles. The maximum absolute atomic E-state index is 11.5. The number of hydrogen-bond donors (Lipinski definition) is 1. The van der Waals surface area contributed by atoms with Gasteiger partial charge in [0.25, 0.3) is 0 Å². The van der Waals surface area contributed by atoms with E-state index in [2.05, 4.69) is 17.5 Å². The van der Waals surface area contributed by atoms with Crippen molar-refractivity contribution in [3.63, 3.8) is 0 Å². The summed E-state index contributed by atoms with van der Waals surface area (Å²) in [6.07, 6.45) is 5.21. The van der Waals surface area contributed by atoms with Gasteiger partial charge in [-0.15, -0.1) is 0 Å². The van der Waals surface area contributed by atoms with Gasteiger partial charge in [0.05, 0.1) is 12.0 Å². The van der Waals surface area contributed by atoms with E-state index in [1.54, 1.807) is 18.2 Å². The molecule has 5 heteroatoms. The van der Waals surface area contributed by atoms with Crippen molar-refractivity contribution in [3.8, 4) is 0 Å². The molecule has 0 unspecified atom stereocenters. The van der Waals surface area contributed by atoms with Gasteiger partial charge in [-0.3, -0.25) is 0 Å². The van der Waals surface area contributed by atoms with Crippen molar-refractivity contribution in [1.82, 2.24) is 0 Å². The van der Waals surface area contributed by atoms with Crippen molar-refractivity contribution in [1.29, 1.82) is 0 Å². The van der Waals surface area contributed by atoms with Crippen LogP contribution in [-0.4, -0.2) is 5.97 Å². The molecule has 1 aliphatic heterocycles. The Morgan fingerprint density at radius 2 is 2.00 bits per heavy atom. The minimum absolute atomic E-state index is 0.0808. The molecular weight excluding hydrogens is 345 g/mol. The number of benzene rings is 2. The van der Waals surface area contributed by atoms with Gasteiger partial charge in [-0.25, -0.2) is 0 Å². The van der Waals surface area contributed by atoms with E-state index in [1.807, 2.05) is 18.2 Å². The maximum Gasteiger partial charge on any atom is 0.0736 e. The number of allylic oxidation sites excluding steroid dienone is 2. The van der Waals surface area contributed by atoms with Crippen LogP contribution >= 0.6 is 23.2 Å². The van der Waals surface area contributed by atoms with Gasteiger partial charge in [0.1, 0.15) is 0 Å². The van der Waals surface area contributed by atoms with Gasteiger partial charge in [-0.05, 0) is 35.6 Å². The number of halogens is 2. The van der Waals surface area contributed by atoms with Crippen molar-refractivity contribution in [2.75, 3.05) is 5.32 Å². The molecule has 4 rings (SSSR count). The summed E-state index contributed by atoms with van der Waals surface area (Å²) >= 11 is 12.4. The zero-order valence-electron chi connectivity index (χ0n) is 12.6. The van der Waals surface area contributed by atoms with Crippen LogP contribution in [-0.2, 0) is 0 Å². The van der Waals surface area contributed by atoms with Crippen LogP contribution in [0, 0.1) is 5.92 Å². The molecule has 0 fully saturated rings. The van der Waals surface area contributed by atoms with E-state index in [9.17, 15) is 9.90 Å². The summed E-state index contributed by atoms with van der Waals surface area (Å²) in [5.41, 5.74) is 2.73. The van der Waals surface area contributed by atoms with Crippen molar-refractivity contribution in [2.24, 2.45) is 5.92 Å². The largest absolute Gasteiger partial charge is 0.545 e. The Kier molecular flexibility index (Phi) is 3.78. The van der Waals surface area contributed by atoms with Gasteiger partial charge in [0.2, 0.25) is 0 Å². The highest BCUT2D eigenvalue weighted by Gasteiger charge is 2.39. The first-order valence-corrected chi connectivity index (χ1v) is 8.54. The molecule has 0 amide bonds. The number of para-hydroxylation sites is 1. The van der Waals surface area contributed by atoms with Gasteiger partial charge in [0, 0.05) is 27.2 Å². The molecule has 0 spiro atoms. The second kappa shape index (κ2) is 5.83. The zero-order chi connectivity index (χ0) is 16.8.